The molecule has 3 aromatic rings. The maximum atomic E-state index is 13.4. The summed E-state index contributed by atoms with van der Waals surface area (Å²) in [7, 11) is 2.23. The Morgan fingerprint density at radius 2 is 1.87 bits per heavy atom. The number of aromatic nitrogens is 5. The first kappa shape index (κ1) is 21.6. The Kier molecular flexibility index (Phi) is 5.70. The molecule has 31 heavy (non-hydrogen) atoms. The molecule has 0 bridgehead atoms. The van der Waals surface area contributed by atoms with Gasteiger partial charge < -0.3 is 14.8 Å². The number of hydrogen-bond donors (Lipinski definition) is 3. The van der Waals surface area contributed by atoms with Crippen LogP contribution in [-0.4, -0.2) is 58.4 Å². The van der Waals surface area contributed by atoms with Crippen molar-refractivity contribution in [3.05, 3.63) is 51.1 Å². The SMILES string of the molecule is CCC(C)(C)n1nnnc1[C@H](c1cc2cc(C)cc(C)c2[nH]c1=O)[NH+]1CC[NH+](C)CC1. The first-order valence-electron chi connectivity index (χ1n) is 11.3. The maximum Gasteiger partial charge on any atom is 0.258 e. The zero-order valence-electron chi connectivity index (χ0n) is 19.5. The van der Waals surface area contributed by atoms with Crippen LogP contribution < -0.4 is 15.4 Å². The monoisotopic (exact) mass is 425 g/mol. The van der Waals surface area contributed by atoms with Gasteiger partial charge in [0.2, 0.25) is 5.82 Å². The van der Waals surface area contributed by atoms with E-state index in [9.17, 15) is 4.79 Å². The van der Waals surface area contributed by atoms with Crippen LogP contribution >= 0.6 is 0 Å². The Morgan fingerprint density at radius 1 is 1.16 bits per heavy atom. The van der Waals surface area contributed by atoms with E-state index in [2.05, 4.69) is 73.5 Å². The molecule has 166 valence electrons. The summed E-state index contributed by atoms with van der Waals surface area (Å²) in [5, 5.41) is 13.9. The molecule has 1 saturated heterocycles. The minimum absolute atomic E-state index is 0.0490. The van der Waals surface area contributed by atoms with Gasteiger partial charge in [0, 0.05) is 0 Å². The molecule has 1 aliphatic rings. The largest absolute Gasteiger partial charge is 0.328 e. The molecule has 4 rings (SSSR count). The summed E-state index contributed by atoms with van der Waals surface area (Å²) >= 11 is 0. The summed E-state index contributed by atoms with van der Waals surface area (Å²) in [6.07, 6.45) is 0.895. The van der Waals surface area contributed by atoms with Gasteiger partial charge in [-0.25, -0.2) is 4.68 Å². The first-order valence-corrected chi connectivity index (χ1v) is 11.3. The number of rotatable bonds is 5. The van der Waals surface area contributed by atoms with E-state index in [0.29, 0.717) is 0 Å². The number of hydrogen-bond acceptors (Lipinski definition) is 4. The summed E-state index contributed by atoms with van der Waals surface area (Å²) < 4.78 is 1.93. The fourth-order valence-electron chi connectivity index (χ4n) is 4.70. The van der Waals surface area contributed by atoms with Crippen molar-refractivity contribution in [3.8, 4) is 0 Å². The van der Waals surface area contributed by atoms with E-state index >= 15 is 0 Å². The van der Waals surface area contributed by atoms with Crippen LogP contribution in [-0.2, 0) is 5.54 Å². The molecule has 3 heterocycles. The van der Waals surface area contributed by atoms with Gasteiger partial charge in [0.25, 0.3) is 5.56 Å². The summed E-state index contributed by atoms with van der Waals surface area (Å²) in [6.45, 7) is 14.6. The van der Waals surface area contributed by atoms with Gasteiger partial charge in [-0.1, -0.05) is 18.6 Å². The van der Waals surface area contributed by atoms with E-state index < -0.39 is 0 Å². The number of nitrogens with one attached hydrogen (secondary N) is 3. The highest BCUT2D eigenvalue weighted by molar-refractivity contribution is 5.83. The Bertz CT molecular complexity index is 1140. The van der Waals surface area contributed by atoms with Gasteiger partial charge in [0.05, 0.1) is 23.7 Å². The molecule has 8 heteroatoms. The van der Waals surface area contributed by atoms with Crippen LogP contribution in [0.2, 0.25) is 0 Å². The zero-order chi connectivity index (χ0) is 22.3. The van der Waals surface area contributed by atoms with Crippen molar-refractivity contribution in [2.24, 2.45) is 0 Å². The topological polar surface area (TPSA) is 85.3 Å². The Hall–Kier alpha value is -2.58. The lowest BCUT2D eigenvalue weighted by Crippen LogP contribution is -3.27. The average molecular weight is 426 g/mol. The second kappa shape index (κ2) is 8.16. The molecule has 1 atom stereocenters. The molecule has 0 radical (unpaired) electrons. The number of benzene rings is 1. The molecular weight excluding hydrogens is 390 g/mol. The number of piperazine rings is 1. The van der Waals surface area contributed by atoms with E-state index in [1.807, 2.05) is 11.6 Å². The summed E-state index contributed by atoms with van der Waals surface area (Å²) in [5.74, 6) is 0.774. The Balaban J connectivity index is 1.92. The Labute approximate surface area is 183 Å². The van der Waals surface area contributed by atoms with Crippen molar-refractivity contribution < 1.29 is 9.80 Å². The molecule has 0 spiro atoms. The number of tetrazole rings is 1. The summed E-state index contributed by atoms with van der Waals surface area (Å²) in [6, 6.07) is 6.10. The van der Waals surface area contributed by atoms with Crippen LogP contribution in [0.25, 0.3) is 10.9 Å². The number of pyridine rings is 1. The van der Waals surface area contributed by atoms with Gasteiger partial charge in [0.1, 0.15) is 26.2 Å². The molecule has 0 aliphatic carbocycles. The lowest BCUT2D eigenvalue weighted by atomic mass is 9.98. The van der Waals surface area contributed by atoms with E-state index in [1.165, 1.54) is 15.4 Å². The van der Waals surface area contributed by atoms with Crippen LogP contribution in [0.5, 0.6) is 0 Å². The highest BCUT2D eigenvalue weighted by atomic mass is 16.1. The van der Waals surface area contributed by atoms with Crippen molar-refractivity contribution >= 4 is 10.9 Å². The molecule has 2 aromatic heterocycles. The molecule has 1 aromatic carbocycles. The molecule has 1 aliphatic heterocycles. The highest BCUT2D eigenvalue weighted by Gasteiger charge is 2.39. The number of quaternary nitrogens is 2. The van der Waals surface area contributed by atoms with Gasteiger partial charge in [-0.3, -0.25) is 4.79 Å². The molecule has 0 amide bonds. The van der Waals surface area contributed by atoms with Crippen LogP contribution in [0, 0.1) is 13.8 Å². The van der Waals surface area contributed by atoms with Crippen LogP contribution in [0.15, 0.2) is 23.0 Å². The fourth-order valence-corrected chi connectivity index (χ4v) is 4.70. The number of fused-ring (bicyclic) bond motifs is 1. The number of aryl methyl sites for hydroxylation is 2. The van der Waals surface area contributed by atoms with Crippen LogP contribution in [0.1, 0.15) is 55.7 Å². The summed E-state index contributed by atoms with van der Waals surface area (Å²) in [5.41, 5.74) is 3.65. The van der Waals surface area contributed by atoms with Gasteiger partial charge in [-0.2, -0.15) is 0 Å². The summed E-state index contributed by atoms with van der Waals surface area (Å²) in [4.78, 5) is 19.4. The smallest absolute Gasteiger partial charge is 0.258 e. The predicted molar refractivity (Wildman–Crippen MR) is 121 cm³/mol. The second-order valence-corrected chi connectivity index (χ2v) is 9.76. The predicted octanol–water partition coefficient (Wildman–Crippen LogP) is -0.221. The lowest BCUT2D eigenvalue weighted by Gasteiger charge is -2.34. The first-order chi connectivity index (χ1) is 14.7. The number of nitrogens with zero attached hydrogens (tertiary/aromatic N) is 4. The standard InChI is InChI=1S/C23H33N7O/c1-7-23(4,5)30-21(25-26-27-30)20(29-10-8-28(6)9-11-29)18-14-17-13-15(2)12-16(3)19(17)24-22(18)31/h12-14,20H,7-11H2,1-6H3,(H,24,31)/p+2/t20-/m0/s1. The van der Waals surface area contributed by atoms with Gasteiger partial charge in [0.15, 0.2) is 6.04 Å². The van der Waals surface area contributed by atoms with Crippen molar-refractivity contribution in [2.45, 2.75) is 52.6 Å². The van der Waals surface area contributed by atoms with E-state index in [1.54, 1.807) is 0 Å². The molecule has 0 saturated carbocycles. The van der Waals surface area contributed by atoms with E-state index in [0.717, 1.165) is 60.5 Å². The van der Waals surface area contributed by atoms with Crippen molar-refractivity contribution in [1.82, 2.24) is 25.2 Å². The molecule has 8 nitrogen and oxygen atoms in total. The zero-order valence-corrected chi connectivity index (χ0v) is 19.5. The normalized spacial score (nSPS) is 20.8. The van der Waals surface area contributed by atoms with Crippen molar-refractivity contribution in [2.75, 3.05) is 33.2 Å². The third-order valence-corrected chi connectivity index (χ3v) is 6.98. The molecule has 0 unspecified atom stereocenters. The number of H-pyrrole nitrogens is 1. The lowest BCUT2D eigenvalue weighted by molar-refractivity contribution is -1.02. The van der Waals surface area contributed by atoms with E-state index in [4.69, 9.17) is 0 Å². The van der Waals surface area contributed by atoms with Gasteiger partial charge in [-0.15, -0.1) is 5.10 Å². The quantitative estimate of drug-likeness (QED) is 0.528. The van der Waals surface area contributed by atoms with Crippen LogP contribution in [0.3, 0.4) is 0 Å². The number of likely N-dealkylation sites (N-methyl/N-ethyl adjacent to an activating group) is 1. The molecular formula is C23H35N7O+2. The maximum absolute atomic E-state index is 13.4. The number of aromatic amines is 1. The Morgan fingerprint density at radius 3 is 2.55 bits per heavy atom. The average Bonchev–Trinajstić information content (AvgIpc) is 3.21. The molecule has 1 fully saturated rings. The third-order valence-electron chi connectivity index (χ3n) is 6.98. The highest BCUT2D eigenvalue weighted by Crippen LogP contribution is 2.25. The van der Waals surface area contributed by atoms with Crippen molar-refractivity contribution in [1.29, 1.82) is 0 Å². The third kappa shape index (κ3) is 4.02. The van der Waals surface area contributed by atoms with Crippen molar-refractivity contribution in [3.63, 3.8) is 0 Å². The minimum Gasteiger partial charge on any atom is -0.328 e. The fraction of sp³-hybridized carbons (Fsp3) is 0.565. The minimum atomic E-state index is -0.231. The second-order valence-electron chi connectivity index (χ2n) is 9.76. The molecule has 3 N–H and O–H groups in total. The van der Waals surface area contributed by atoms with Crippen LogP contribution in [0.4, 0.5) is 0 Å². The van der Waals surface area contributed by atoms with Gasteiger partial charge >= 0.3 is 0 Å². The van der Waals surface area contributed by atoms with Gasteiger partial charge in [-0.05, 0) is 67.6 Å². The van der Waals surface area contributed by atoms with E-state index in [-0.39, 0.29) is 17.1 Å².